The highest BCUT2D eigenvalue weighted by molar-refractivity contribution is 5.86. The summed E-state index contributed by atoms with van der Waals surface area (Å²) in [7, 11) is 0. The SMILES string of the molecule is CC1CCC2OC(C)(C)C(O)CCC2(C)C12CCC(C1(C)CCC3OC(C)(C)C(=O)CCC31C)O2. The maximum absolute atomic E-state index is 12.8. The second kappa shape index (κ2) is 8.01. The van der Waals surface area contributed by atoms with Gasteiger partial charge in [0.25, 0.3) is 0 Å². The summed E-state index contributed by atoms with van der Waals surface area (Å²) in [4.78, 5) is 12.8. The van der Waals surface area contributed by atoms with E-state index in [1.807, 2.05) is 27.7 Å². The lowest BCUT2D eigenvalue weighted by molar-refractivity contribution is -0.256. The van der Waals surface area contributed by atoms with Gasteiger partial charge >= 0.3 is 0 Å². The summed E-state index contributed by atoms with van der Waals surface area (Å²) in [5, 5.41) is 10.9. The molecule has 35 heavy (non-hydrogen) atoms. The van der Waals surface area contributed by atoms with Crippen LogP contribution in [0.4, 0.5) is 0 Å². The Morgan fingerprint density at radius 3 is 1.97 bits per heavy atom. The van der Waals surface area contributed by atoms with E-state index in [-0.39, 0.29) is 45.9 Å². The van der Waals surface area contributed by atoms with E-state index in [4.69, 9.17) is 14.2 Å². The smallest absolute Gasteiger partial charge is 0.164 e. The topological polar surface area (TPSA) is 65.0 Å². The highest BCUT2D eigenvalue weighted by Crippen LogP contribution is 2.67. The van der Waals surface area contributed by atoms with Crippen molar-refractivity contribution in [3.63, 3.8) is 0 Å². The molecule has 3 aliphatic heterocycles. The average molecular weight is 491 g/mol. The molecule has 3 heterocycles. The lowest BCUT2D eigenvalue weighted by Crippen LogP contribution is -2.61. The fourth-order valence-electron chi connectivity index (χ4n) is 9.19. The summed E-state index contributed by atoms with van der Waals surface area (Å²) in [6.07, 6.45) is 9.35. The lowest BCUT2D eigenvalue weighted by Gasteiger charge is -2.58. The molecule has 0 amide bonds. The third-order valence-corrected chi connectivity index (χ3v) is 12.3. The van der Waals surface area contributed by atoms with Crippen LogP contribution in [0.3, 0.4) is 0 Å². The monoisotopic (exact) mass is 490 g/mol. The molecule has 0 bridgehead atoms. The van der Waals surface area contributed by atoms with Crippen LogP contribution in [0.15, 0.2) is 0 Å². The van der Waals surface area contributed by atoms with E-state index in [1.165, 1.54) is 0 Å². The van der Waals surface area contributed by atoms with Gasteiger partial charge in [-0.05, 0) is 91.4 Å². The minimum Gasteiger partial charge on any atom is -0.390 e. The molecule has 0 aromatic carbocycles. The fraction of sp³-hybridized carbons (Fsp3) is 0.967. The summed E-state index contributed by atoms with van der Waals surface area (Å²) in [6, 6.07) is 0. The summed E-state index contributed by atoms with van der Waals surface area (Å²) in [5.74, 6) is 0.683. The summed E-state index contributed by atoms with van der Waals surface area (Å²) < 4.78 is 20.7. The van der Waals surface area contributed by atoms with Crippen molar-refractivity contribution in [3.05, 3.63) is 0 Å². The van der Waals surface area contributed by atoms with Gasteiger partial charge in [-0.15, -0.1) is 0 Å². The van der Waals surface area contributed by atoms with Crippen molar-refractivity contribution in [1.82, 2.24) is 0 Å². The number of aliphatic hydroxyl groups is 1. The molecule has 3 saturated heterocycles. The maximum atomic E-state index is 12.8. The normalized spacial score (nSPS) is 53.6. The van der Waals surface area contributed by atoms with Crippen LogP contribution in [0.5, 0.6) is 0 Å². The third-order valence-electron chi connectivity index (χ3n) is 12.3. The first-order valence-corrected chi connectivity index (χ1v) is 14.4. The first-order valence-electron chi connectivity index (χ1n) is 14.4. The summed E-state index contributed by atoms with van der Waals surface area (Å²) in [5.41, 5.74) is -1.70. The number of fused-ring (bicyclic) bond motifs is 3. The lowest BCUT2D eigenvalue weighted by atomic mass is 9.55. The van der Waals surface area contributed by atoms with E-state index in [0.717, 1.165) is 57.8 Å². The first-order chi connectivity index (χ1) is 16.1. The zero-order valence-corrected chi connectivity index (χ0v) is 23.5. The van der Waals surface area contributed by atoms with Crippen LogP contribution >= 0.6 is 0 Å². The average Bonchev–Trinajstić information content (AvgIpc) is 3.29. The van der Waals surface area contributed by atoms with E-state index < -0.39 is 17.3 Å². The van der Waals surface area contributed by atoms with Crippen LogP contribution < -0.4 is 0 Å². The Bertz CT molecular complexity index is 867. The minimum absolute atomic E-state index is 0.0325. The van der Waals surface area contributed by atoms with Gasteiger partial charge in [-0.1, -0.05) is 27.7 Å². The highest BCUT2D eigenvalue weighted by atomic mass is 16.5. The van der Waals surface area contributed by atoms with Crippen LogP contribution in [0, 0.1) is 22.2 Å². The molecule has 0 aromatic rings. The molecule has 2 saturated carbocycles. The maximum Gasteiger partial charge on any atom is 0.164 e. The number of ketones is 1. The molecule has 1 spiro atoms. The van der Waals surface area contributed by atoms with Gasteiger partial charge in [0.2, 0.25) is 0 Å². The van der Waals surface area contributed by atoms with Gasteiger partial charge in [-0.2, -0.15) is 0 Å². The van der Waals surface area contributed by atoms with Gasteiger partial charge < -0.3 is 19.3 Å². The molecule has 0 aromatic heterocycles. The van der Waals surface area contributed by atoms with Crippen molar-refractivity contribution in [1.29, 1.82) is 0 Å². The molecule has 5 nitrogen and oxygen atoms in total. The first kappa shape index (κ1) is 26.1. The number of hydrogen-bond donors (Lipinski definition) is 1. The van der Waals surface area contributed by atoms with Crippen LogP contribution in [-0.4, -0.2) is 52.1 Å². The Hall–Kier alpha value is -0.490. The largest absolute Gasteiger partial charge is 0.390 e. The van der Waals surface area contributed by atoms with Crippen molar-refractivity contribution < 1.29 is 24.1 Å². The van der Waals surface area contributed by atoms with Crippen LogP contribution in [0.2, 0.25) is 0 Å². The zero-order chi connectivity index (χ0) is 25.7. The summed E-state index contributed by atoms with van der Waals surface area (Å²) in [6.45, 7) is 17.6. The zero-order valence-electron chi connectivity index (χ0n) is 23.5. The molecule has 200 valence electrons. The summed E-state index contributed by atoms with van der Waals surface area (Å²) >= 11 is 0. The van der Waals surface area contributed by atoms with Crippen LogP contribution in [-0.2, 0) is 19.0 Å². The molecule has 9 unspecified atom stereocenters. The molecular formula is C30H50O5. The molecule has 1 N–H and O–H groups in total. The Labute approximate surface area is 213 Å². The van der Waals surface area contributed by atoms with Gasteiger partial charge in [0.1, 0.15) is 5.60 Å². The van der Waals surface area contributed by atoms with Crippen LogP contribution in [0.25, 0.3) is 0 Å². The van der Waals surface area contributed by atoms with Crippen molar-refractivity contribution in [3.8, 4) is 0 Å². The predicted octanol–water partition coefficient (Wildman–Crippen LogP) is 5.99. The van der Waals surface area contributed by atoms with Crippen molar-refractivity contribution in [2.75, 3.05) is 0 Å². The van der Waals surface area contributed by atoms with Crippen molar-refractivity contribution in [2.45, 2.75) is 161 Å². The molecule has 5 rings (SSSR count). The van der Waals surface area contributed by atoms with Crippen LogP contribution in [0.1, 0.15) is 120 Å². The predicted molar refractivity (Wildman–Crippen MR) is 136 cm³/mol. The Morgan fingerprint density at radius 2 is 1.26 bits per heavy atom. The van der Waals surface area contributed by atoms with E-state index in [2.05, 4.69) is 27.7 Å². The van der Waals surface area contributed by atoms with Crippen molar-refractivity contribution in [2.24, 2.45) is 22.2 Å². The Kier molecular flexibility index (Phi) is 5.98. The number of hydrogen-bond acceptors (Lipinski definition) is 5. The number of Topliss-reactive ketones (excluding diaryl/α,β-unsaturated/α-hetero) is 1. The molecule has 2 aliphatic carbocycles. The minimum atomic E-state index is -0.699. The Morgan fingerprint density at radius 1 is 0.686 bits per heavy atom. The molecular weight excluding hydrogens is 440 g/mol. The molecule has 5 fully saturated rings. The van der Waals surface area contributed by atoms with E-state index in [0.29, 0.717) is 12.3 Å². The van der Waals surface area contributed by atoms with E-state index in [9.17, 15) is 9.90 Å². The molecule has 5 aliphatic rings. The fourth-order valence-corrected chi connectivity index (χ4v) is 9.19. The molecule has 5 heteroatoms. The molecule has 0 radical (unpaired) electrons. The number of rotatable bonds is 1. The van der Waals surface area contributed by atoms with Gasteiger partial charge in [0, 0.05) is 22.7 Å². The van der Waals surface area contributed by atoms with Gasteiger partial charge in [-0.3, -0.25) is 4.79 Å². The Balaban J connectivity index is 1.47. The molecule has 9 atom stereocenters. The second-order valence-electron chi connectivity index (χ2n) is 14.6. The third kappa shape index (κ3) is 3.50. The highest BCUT2D eigenvalue weighted by Gasteiger charge is 2.68. The second-order valence-corrected chi connectivity index (χ2v) is 14.6. The number of carbonyl (C=O) groups excluding carboxylic acids is 1. The number of aliphatic hydroxyl groups excluding tert-OH is 1. The van der Waals surface area contributed by atoms with E-state index >= 15 is 0 Å². The standard InChI is InChI=1S/C30H50O5/c1-19-9-10-22-29(8,16-12-21(32)25(2,3)33-22)30(19)18-14-24(35-30)28(7)17-13-23-27(28,6)15-11-20(31)26(4,5)34-23/h19,21-24,32H,9-18H2,1-8H3. The quantitative estimate of drug-likeness (QED) is 0.489. The van der Waals surface area contributed by atoms with Crippen molar-refractivity contribution >= 4 is 5.78 Å². The number of carbonyl (C=O) groups is 1. The van der Waals surface area contributed by atoms with Gasteiger partial charge in [0.15, 0.2) is 5.78 Å². The van der Waals surface area contributed by atoms with Gasteiger partial charge in [0.05, 0.1) is 35.6 Å². The number of ether oxygens (including phenoxy) is 3. The van der Waals surface area contributed by atoms with Gasteiger partial charge in [-0.25, -0.2) is 0 Å². The van der Waals surface area contributed by atoms with E-state index in [1.54, 1.807) is 0 Å².